The number of ether oxygens (including phenoxy) is 2. The molecule has 0 spiro atoms. The van der Waals surface area contributed by atoms with Crippen LogP contribution in [0.25, 0.3) is 0 Å². The highest BCUT2D eigenvalue weighted by Gasteiger charge is 2.22. The van der Waals surface area contributed by atoms with Gasteiger partial charge in [-0.2, -0.15) is 0 Å². The molecule has 9 nitrogen and oxygen atoms in total. The predicted octanol–water partition coefficient (Wildman–Crippen LogP) is 19.6. The Kier molecular flexibility index (Phi) is 55.7. The average Bonchev–Trinajstić information content (AvgIpc) is 3.38. The first-order valence-corrected chi connectivity index (χ1v) is 33.5. The summed E-state index contributed by atoms with van der Waals surface area (Å²) in [6, 6.07) is 0. The van der Waals surface area contributed by atoms with Crippen molar-refractivity contribution in [3.63, 3.8) is 0 Å². The van der Waals surface area contributed by atoms with Crippen LogP contribution < -0.4 is 4.89 Å². The van der Waals surface area contributed by atoms with Gasteiger partial charge in [-0.15, -0.1) is 0 Å². The number of hydrogen-bond acceptors (Lipinski definition) is 8. The van der Waals surface area contributed by atoms with Gasteiger partial charge >= 0.3 is 11.9 Å². The molecule has 0 fully saturated rings. The second-order valence-electron chi connectivity index (χ2n) is 22.7. The largest absolute Gasteiger partial charge is 0.756 e. The molecule has 0 aromatic carbocycles. The number of phosphoric acid groups is 1. The van der Waals surface area contributed by atoms with Gasteiger partial charge in [-0.3, -0.25) is 14.2 Å². The molecule has 2 unspecified atom stereocenters. The second kappa shape index (κ2) is 57.4. The number of allylic oxidation sites excluding steroid dienone is 10. The zero-order valence-corrected chi connectivity index (χ0v) is 51.3. The number of rotatable bonds is 59. The van der Waals surface area contributed by atoms with Crippen LogP contribution in [0, 0.1) is 0 Å². The van der Waals surface area contributed by atoms with Crippen LogP contribution in [0.5, 0.6) is 0 Å². The first-order chi connectivity index (χ1) is 37.0. The summed E-state index contributed by atoms with van der Waals surface area (Å²) in [4.78, 5) is 37.9. The molecule has 0 amide bonds. The third-order valence-corrected chi connectivity index (χ3v) is 15.0. The quantitative estimate of drug-likeness (QED) is 0.0195. The normalized spacial score (nSPS) is 13.6. The zero-order valence-electron chi connectivity index (χ0n) is 50.5. The molecule has 76 heavy (non-hydrogen) atoms. The highest BCUT2D eigenvalue weighted by atomic mass is 31.2. The van der Waals surface area contributed by atoms with Crippen molar-refractivity contribution in [2.75, 3.05) is 47.5 Å². The Morgan fingerprint density at radius 1 is 0.421 bits per heavy atom. The predicted molar refractivity (Wildman–Crippen MR) is 323 cm³/mol. The minimum Gasteiger partial charge on any atom is -0.756 e. The molecule has 0 aromatic rings. The number of phosphoric ester groups is 1. The molecule has 0 heterocycles. The Bertz CT molecular complexity index is 1470. The minimum atomic E-state index is -4.64. The van der Waals surface area contributed by atoms with Crippen LogP contribution in [0.15, 0.2) is 60.8 Å². The van der Waals surface area contributed by atoms with Gasteiger partial charge in [0, 0.05) is 12.8 Å². The van der Waals surface area contributed by atoms with Gasteiger partial charge in [0.2, 0.25) is 0 Å². The number of nitrogens with zero attached hydrogens (tertiary/aromatic N) is 1. The van der Waals surface area contributed by atoms with Gasteiger partial charge in [0.1, 0.15) is 19.8 Å². The van der Waals surface area contributed by atoms with Gasteiger partial charge in [0.25, 0.3) is 7.82 Å². The van der Waals surface area contributed by atoms with E-state index in [-0.39, 0.29) is 32.0 Å². The molecule has 0 aliphatic rings. The van der Waals surface area contributed by atoms with Crippen molar-refractivity contribution in [1.82, 2.24) is 0 Å². The topological polar surface area (TPSA) is 111 Å². The number of carbonyl (C=O) groups is 2. The maximum absolute atomic E-state index is 12.8. The Hall–Kier alpha value is -2.29. The van der Waals surface area contributed by atoms with Crippen LogP contribution in [0.2, 0.25) is 0 Å². The summed E-state index contributed by atoms with van der Waals surface area (Å²) in [7, 11) is 1.18. The molecule has 2 atom stereocenters. The number of hydrogen-bond donors (Lipinski definition) is 0. The third kappa shape index (κ3) is 60.9. The van der Waals surface area contributed by atoms with Crippen molar-refractivity contribution in [3.8, 4) is 0 Å². The molecule has 0 rings (SSSR count). The van der Waals surface area contributed by atoms with Crippen molar-refractivity contribution in [1.29, 1.82) is 0 Å². The molecule has 0 aromatic heterocycles. The average molecular weight is 1090 g/mol. The Labute approximate surface area is 470 Å². The van der Waals surface area contributed by atoms with Gasteiger partial charge in [-0.1, -0.05) is 267 Å². The van der Waals surface area contributed by atoms with Gasteiger partial charge in [-0.25, -0.2) is 0 Å². The van der Waals surface area contributed by atoms with Crippen molar-refractivity contribution in [2.45, 2.75) is 302 Å². The highest BCUT2D eigenvalue weighted by molar-refractivity contribution is 7.45. The maximum Gasteiger partial charge on any atom is 0.306 e. The van der Waals surface area contributed by atoms with E-state index in [2.05, 4.69) is 74.6 Å². The molecule has 0 N–H and O–H groups in total. The Morgan fingerprint density at radius 3 is 1.13 bits per heavy atom. The summed E-state index contributed by atoms with van der Waals surface area (Å²) in [6.45, 7) is 4.16. The summed E-state index contributed by atoms with van der Waals surface area (Å²) < 4.78 is 34.2. The molecule has 0 aliphatic heterocycles. The lowest BCUT2D eigenvalue weighted by Gasteiger charge is -2.28. The van der Waals surface area contributed by atoms with Gasteiger partial charge in [0.05, 0.1) is 27.7 Å². The molecule has 444 valence electrons. The van der Waals surface area contributed by atoms with Gasteiger partial charge in [-0.05, 0) is 77.0 Å². The summed E-state index contributed by atoms with van der Waals surface area (Å²) in [6.07, 6.45) is 74.3. The van der Waals surface area contributed by atoms with E-state index >= 15 is 0 Å². The van der Waals surface area contributed by atoms with E-state index in [0.717, 1.165) is 64.2 Å². The number of quaternary nitrogens is 1. The van der Waals surface area contributed by atoms with E-state index in [0.29, 0.717) is 17.4 Å². The highest BCUT2D eigenvalue weighted by Crippen LogP contribution is 2.38. The van der Waals surface area contributed by atoms with Crippen LogP contribution in [-0.4, -0.2) is 70.0 Å². The van der Waals surface area contributed by atoms with Crippen LogP contribution in [0.4, 0.5) is 0 Å². The zero-order chi connectivity index (χ0) is 55.6. The third-order valence-electron chi connectivity index (χ3n) is 14.0. The van der Waals surface area contributed by atoms with Gasteiger partial charge in [0.15, 0.2) is 6.10 Å². The Morgan fingerprint density at radius 2 is 0.750 bits per heavy atom. The fourth-order valence-electron chi connectivity index (χ4n) is 9.12. The molecule has 0 saturated carbocycles. The summed E-state index contributed by atoms with van der Waals surface area (Å²) in [5.41, 5.74) is 0. The molecule has 0 aliphatic carbocycles. The van der Waals surface area contributed by atoms with Crippen LogP contribution in [0.1, 0.15) is 296 Å². The molecule has 0 bridgehead atoms. The van der Waals surface area contributed by atoms with E-state index in [1.54, 1.807) is 0 Å². The summed E-state index contributed by atoms with van der Waals surface area (Å²) in [5, 5.41) is 0. The number of esters is 2. The monoisotopic (exact) mass is 1090 g/mol. The molecule has 0 saturated heterocycles. The minimum absolute atomic E-state index is 0.0303. The van der Waals surface area contributed by atoms with Crippen LogP contribution in [-0.2, 0) is 32.7 Å². The van der Waals surface area contributed by atoms with E-state index < -0.39 is 26.5 Å². The van der Waals surface area contributed by atoms with E-state index in [4.69, 9.17) is 18.5 Å². The second-order valence-corrected chi connectivity index (χ2v) is 24.2. The lowest BCUT2D eigenvalue weighted by Crippen LogP contribution is -2.37. The first kappa shape index (κ1) is 73.7. The lowest BCUT2D eigenvalue weighted by molar-refractivity contribution is -0.870. The van der Waals surface area contributed by atoms with Crippen LogP contribution in [0.3, 0.4) is 0 Å². The smallest absolute Gasteiger partial charge is 0.306 e. The Balaban J connectivity index is 4.02. The molecule has 0 radical (unpaired) electrons. The fraction of sp³-hybridized carbons (Fsp3) is 0.818. The van der Waals surface area contributed by atoms with E-state index in [9.17, 15) is 19.0 Å². The SMILES string of the molecule is CC/C=C\C/C=C\C/C=C\C/C=C\CCCCCCCCCCCCCCCCCCCCCCC(=O)OC(COC(=O)CCCCCCCCCCC/C=C\CCCCCCCC)COP(=O)([O-])OCC[N+](C)(C)C. The lowest BCUT2D eigenvalue weighted by atomic mass is 10.0. The van der Waals surface area contributed by atoms with Crippen molar-refractivity contribution in [2.24, 2.45) is 0 Å². The van der Waals surface area contributed by atoms with Crippen molar-refractivity contribution < 1.29 is 42.1 Å². The summed E-state index contributed by atoms with van der Waals surface area (Å²) in [5.74, 6) is -0.823. The number of carbonyl (C=O) groups excluding carboxylic acids is 2. The van der Waals surface area contributed by atoms with Crippen molar-refractivity contribution >= 4 is 19.8 Å². The molecule has 10 heteroatoms. The first-order valence-electron chi connectivity index (χ1n) is 32.0. The van der Waals surface area contributed by atoms with E-state index in [1.165, 1.54) is 199 Å². The van der Waals surface area contributed by atoms with Crippen molar-refractivity contribution in [3.05, 3.63) is 60.8 Å². The fourth-order valence-corrected chi connectivity index (χ4v) is 9.84. The molecular formula is C66H122NO8P. The molecular weight excluding hydrogens is 966 g/mol. The standard InChI is InChI=1S/C66H122NO8P/c1-6-8-10-12-14-16-18-20-22-24-26-27-28-29-30-31-32-33-34-35-36-37-38-39-41-43-45-47-49-51-53-55-57-59-66(69)75-64(63-74-76(70,71)73-61-60-67(3,4)5)62-72-65(68)58-56-54-52-50-48-46-44-42-40-25-23-21-19-17-15-13-11-9-7-2/h8,10,14,16,20-23,26-27,64H,6-7,9,11-13,15,17-19,24-25,28-63H2,1-5H3/b10-8-,16-14-,22-20-,23-21-,27-26-. The summed E-state index contributed by atoms with van der Waals surface area (Å²) >= 11 is 0. The van der Waals surface area contributed by atoms with Gasteiger partial charge < -0.3 is 27.9 Å². The van der Waals surface area contributed by atoms with E-state index in [1.807, 2.05) is 21.1 Å². The number of likely N-dealkylation sites (N-methyl/N-ethyl adjacent to an activating group) is 1. The number of unbranched alkanes of at least 4 members (excludes halogenated alkanes) is 35. The maximum atomic E-state index is 12.8. The van der Waals surface area contributed by atoms with Crippen LogP contribution >= 0.6 is 7.82 Å².